The summed E-state index contributed by atoms with van der Waals surface area (Å²) in [4.78, 5) is 0.453. The molecular weight excluding hydrogens is 148 g/mol. The molecule has 0 amide bonds. The van der Waals surface area contributed by atoms with E-state index in [-0.39, 0.29) is 0 Å². The monoisotopic (exact) mass is 158 g/mol. The van der Waals surface area contributed by atoms with Crippen molar-refractivity contribution >= 4 is 10.7 Å². The van der Waals surface area contributed by atoms with Crippen molar-refractivity contribution in [1.29, 1.82) is 0 Å². The van der Waals surface area contributed by atoms with E-state index < -0.39 is 10.7 Å². The molecule has 0 saturated carbocycles. The Labute approximate surface area is 62.2 Å². The summed E-state index contributed by atoms with van der Waals surface area (Å²) >= 11 is 0. The molecular formula is C7H10O2S. The minimum absolute atomic E-state index is 0.368. The summed E-state index contributed by atoms with van der Waals surface area (Å²) in [6.07, 6.45) is 6.29. The van der Waals surface area contributed by atoms with E-state index in [9.17, 15) is 8.42 Å². The lowest BCUT2D eigenvalue weighted by atomic mass is 10.0. The van der Waals surface area contributed by atoms with Gasteiger partial charge >= 0.3 is 0 Å². The lowest BCUT2D eigenvalue weighted by Crippen LogP contribution is -1.95. The van der Waals surface area contributed by atoms with Gasteiger partial charge in [-0.05, 0) is 18.4 Å². The van der Waals surface area contributed by atoms with Crippen molar-refractivity contribution in [2.45, 2.75) is 13.3 Å². The lowest BCUT2D eigenvalue weighted by Gasteiger charge is -2.06. The van der Waals surface area contributed by atoms with E-state index in [0.29, 0.717) is 10.8 Å². The van der Waals surface area contributed by atoms with Gasteiger partial charge in [0, 0.05) is 0 Å². The quantitative estimate of drug-likeness (QED) is 0.579. The Kier molecular flexibility index (Phi) is 2.27. The molecule has 10 heavy (non-hydrogen) atoms. The van der Waals surface area contributed by atoms with E-state index in [2.05, 4.69) is 0 Å². The van der Waals surface area contributed by atoms with Gasteiger partial charge < -0.3 is 0 Å². The fraction of sp³-hybridized carbons (Fsp3) is 0.429. The molecule has 0 aromatic carbocycles. The van der Waals surface area contributed by atoms with Gasteiger partial charge in [-0.2, -0.15) is 0 Å². The highest BCUT2D eigenvalue weighted by atomic mass is 32.2. The summed E-state index contributed by atoms with van der Waals surface area (Å²) in [5, 5.41) is 0. The van der Waals surface area contributed by atoms with E-state index in [4.69, 9.17) is 0 Å². The predicted octanol–water partition coefficient (Wildman–Crippen LogP) is 1.08. The van der Waals surface area contributed by atoms with Crippen molar-refractivity contribution in [2.24, 2.45) is 5.92 Å². The zero-order valence-electron chi connectivity index (χ0n) is 5.78. The third-order valence-corrected chi connectivity index (χ3v) is 2.18. The predicted molar refractivity (Wildman–Crippen MR) is 41.3 cm³/mol. The molecule has 0 heterocycles. The Bertz CT molecular complexity index is 240. The minimum Gasteiger partial charge on any atom is -0.227 e. The zero-order chi connectivity index (χ0) is 7.56. The molecule has 1 rings (SSSR count). The number of hydrogen-bond donors (Lipinski definition) is 1. The highest BCUT2D eigenvalue weighted by Crippen LogP contribution is 2.15. The molecule has 0 aromatic rings. The van der Waals surface area contributed by atoms with E-state index in [1.165, 1.54) is 0 Å². The second-order valence-electron chi connectivity index (χ2n) is 2.46. The number of hydrogen-bond acceptors (Lipinski definition) is 2. The van der Waals surface area contributed by atoms with Gasteiger partial charge in [0.2, 0.25) is 0 Å². The van der Waals surface area contributed by atoms with Crippen LogP contribution in [0.5, 0.6) is 0 Å². The first kappa shape index (κ1) is 7.54. The molecule has 1 unspecified atom stereocenters. The Morgan fingerprint density at radius 3 is 2.70 bits per heavy atom. The number of allylic oxidation sites excluding steroid dienone is 3. The summed E-state index contributed by atoms with van der Waals surface area (Å²) < 4.78 is 20.8. The van der Waals surface area contributed by atoms with E-state index >= 15 is 0 Å². The van der Waals surface area contributed by atoms with Gasteiger partial charge in [-0.3, -0.25) is 0 Å². The molecule has 0 aromatic heterocycles. The van der Waals surface area contributed by atoms with Gasteiger partial charge in [-0.15, -0.1) is 0 Å². The second-order valence-corrected chi connectivity index (χ2v) is 3.49. The van der Waals surface area contributed by atoms with Gasteiger partial charge in [-0.1, -0.05) is 19.1 Å². The highest BCUT2D eigenvalue weighted by Gasteiger charge is 2.04. The SMILES string of the molecule is CC1C=C([SH](=O)=O)C=CC1. The van der Waals surface area contributed by atoms with Crippen molar-refractivity contribution in [3.63, 3.8) is 0 Å². The molecule has 1 aliphatic carbocycles. The largest absolute Gasteiger partial charge is 0.227 e. The van der Waals surface area contributed by atoms with Crippen LogP contribution < -0.4 is 0 Å². The van der Waals surface area contributed by atoms with Crippen LogP contribution >= 0.6 is 0 Å². The van der Waals surface area contributed by atoms with E-state index in [0.717, 1.165) is 6.42 Å². The van der Waals surface area contributed by atoms with Crippen LogP contribution in [0.3, 0.4) is 0 Å². The van der Waals surface area contributed by atoms with Crippen LogP contribution in [0.25, 0.3) is 0 Å². The minimum atomic E-state index is -2.37. The van der Waals surface area contributed by atoms with Crippen molar-refractivity contribution in [3.8, 4) is 0 Å². The zero-order valence-corrected chi connectivity index (χ0v) is 6.67. The summed E-state index contributed by atoms with van der Waals surface area (Å²) in [7, 11) is -2.37. The van der Waals surface area contributed by atoms with Crippen LogP contribution in [0.2, 0.25) is 0 Å². The Morgan fingerprint density at radius 1 is 1.60 bits per heavy atom. The van der Waals surface area contributed by atoms with Gasteiger partial charge in [0.25, 0.3) is 0 Å². The van der Waals surface area contributed by atoms with E-state index in [1.54, 1.807) is 12.2 Å². The Hall–Kier alpha value is -0.570. The third-order valence-electron chi connectivity index (χ3n) is 1.46. The third kappa shape index (κ3) is 1.70. The van der Waals surface area contributed by atoms with Crippen molar-refractivity contribution in [3.05, 3.63) is 23.1 Å². The molecule has 0 radical (unpaired) electrons. The van der Waals surface area contributed by atoms with Gasteiger partial charge in [0.05, 0.1) is 4.91 Å². The fourth-order valence-electron chi connectivity index (χ4n) is 0.940. The van der Waals surface area contributed by atoms with Crippen LogP contribution in [0.15, 0.2) is 23.1 Å². The molecule has 0 spiro atoms. The molecule has 1 atom stereocenters. The summed E-state index contributed by atoms with van der Waals surface area (Å²) in [5.74, 6) is 0.368. The first-order valence-electron chi connectivity index (χ1n) is 3.23. The first-order chi connectivity index (χ1) is 4.70. The molecule has 0 aliphatic heterocycles. The Morgan fingerprint density at radius 2 is 2.30 bits per heavy atom. The van der Waals surface area contributed by atoms with E-state index in [1.807, 2.05) is 13.0 Å². The first-order valence-corrected chi connectivity index (χ1v) is 4.40. The molecule has 2 nitrogen and oxygen atoms in total. The van der Waals surface area contributed by atoms with Crippen molar-refractivity contribution in [1.82, 2.24) is 0 Å². The molecule has 3 heteroatoms. The number of rotatable bonds is 1. The van der Waals surface area contributed by atoms with Crippen molar-refractivity contribution in [2.75, 3.05) is 0 Å². The van der Waals surface area contributed by atoms with Crippen LogP contribution in [-0.2, 0) is 10.7 Å². The van der Waals surface area contributed by atoms with Crippen LogP contribution in [0.1, 0.15) is 13.3 Å². The Balaban J connectivity index is 2.86. The van der Waals surface area contributed by atoms with Crippen LogP contribution in [0, 0.1) is 5.92 Å². The van der Waals surface area contributed by atoms with Crippen molar-refractivity contribution < 1.29 is 8.42 Å². The molecule has 1 aliphatic rings. The molecule has 0 saturated heterocycles. The topological polar surface area (TPSA) is 34.1 Å². The normalized spacial score (nSPS) is 25.0. The maximum atomic E-state index is 10.4. The molecule has 0 N–H and O–H groups in total. The van der Waals surface area contributed by atoms with Gasteiger partial charge in [-0.25, -0.2) is 8.42 Å². The van der Waals surface area contributed by atoms with Crippen LogP contribution in [-0.4, -0.2) is 8.42 Å². The second kappa shape index (κ2) is 3.01. The van der Waals surface area contributed by atoms with Gasteiger partial charge in [0.1, 0.15) is 0 Å². The average Bonchev–Trinajstić information content (AvgIpc) is 1.88. The standard InChI is InChI=1S/C7H10O2S/c1-6-3-2-4-7(5-6)10(8)9/h2,4-6,10H,3H2,1H3. The fourth-order valence-corrected chi connectivity index (χ4v) is 1.54. The number of thiol groups is 1. The summed E-state index contributed by atoms with van der Waals surface area (Å²) in [5.41, 5.74) is 0. The maximum Gasteiger partial charge on any atom is 0.167 e. The lowest BCUT2D eigenvalue weighted by molar-refractivity contribution is 0.618. The molecule has 56 valence electrons. The highest BCUT2D eigenvalue weighted by molar-refractivity contribution is 7.77. The molecule has 0 fully saturated rings. The summed E-state index contributed by atoms with van der Waals surface area (Å²) in [6, 6.07) is 0. The van der Waals surface area contributed by atoms with Gasteiger partial charge in [0.15, 0.2) is 10.7 Å². The average molecular weight is 158 g/mol. The summed E-state index contributed by atoms with van der Waals surface area (Å²) in [6.45, 7) is 2.00. The maximum absolute atomic E-state index is 10.4. The van der Waals surface area contributed by atoms with Crippen LogP contribution in [0.4, 0.5) is 0 Å². The smallest absolute Gasteiger partial charge is 0.167 e. The molecule has 0 bridgehead atoms.